The van der Waals surface area contributed by atoms with Crippen molar-refractivity contribution in [1.29, 1.82) is 0 Å². The standard InChI is InChI=1S/C68H120O6/c1-4-7-10-13-16-19-22-24-26-27-28-29-30-31-32-33-34-35-36-37-38-39-40-41-43-44-46-49-52-55-58-61-67(70)73-64-65(63-72-66(69)60-57-54-51-48-21-18-15-12-9-6-3)74-68(71)62-59-56-53-50-47-45-42-25-23-20-17-14-11-8-5-2/h7,10,16,19,24,26,28-29,31-32,34-35,65H,4-6,8-9,11-15,17-18,20-23,25,27,30,33,36-64H2,1-3H3/b10-7-,19-16-,26-24-,29-28-,32-31-,35-34-. The van der Waals surface area contributed by atoms with Crippen molar-refractivity contribution in [2.75, 3.05) is 13.2 Å². The van der Waals surface area contributed by atoms with Crippen molar-refractivity contribution in [3.05, 3.63) is 72.9 Å². The Kier molecular flexibility index (Phi) is 59.7. The van der Waals surface area contributed by atoms with Crippen molar-refractivity contribution in [3.8, 4) is 0 Å². The maximum atomic E-state index is 12.9. The zero-order valence-corrected chi connectivity index (χ0v) is 49.1. The van der Waals surface area contributed by atoms with Gasteiger partial charge >= 0.3 is 17.9 Å². The van der Waals surface area contributed by atoms with Gasteiger partial charge in [0, 0.05) is 19.3 Å². The Morgan fingerprint density at radius 3 is 0.824 bits per heavy atom. The van der Waals surface area contributed by atoms with Gasteiger partial charge < -0.3 is 14.2 Å². The van der Waals surface area contributed by atoms with Gasteiger partial charge in [0.1, 0.15) is 13.2 Å². The van der Waals surface area contributed by atoms with Crippen molar-refractivity contribution in [1.82, 2.24) is 0 Å². The predicted molar refractivity (Wildman–Crippen MR) is 321 cm³/mol. The Morgan fingerprint density at radius 2 is 0.527 bits per heavy atom. The Bertz CT molecular complexity index is 1370. The maximum absolute atomic E-state index is 12.9. The summed E-state index contributed by atoms with van der Waals surface area (Å²) in [6.07, 6.45) is 80.6. The van der Waals surface area contributed by atoms with Gasteiger partial charge in [0.05, 0.1) is 0 Å². The minimum atomic E-state index is -0.771. The second-order valence-electron chi connectivity index (χ2n) is 21.3. The summed E-state index contributed by atoms with van der Waals surface area (Å²) >= 11 is 0. The van der Waals surface area contributed by atoms with Gasteiger partial charge in [0.15, 0.2) is 6.10 Å². The lowest BCUT2D eigenvalue weighted by molar-refractivity contribution is -0.167. The number of hydrogen-bond acceptors (Lipinski definition) is 6. The van der Waals surface area contributed by atoms with Gasteiger partial charge in [-0.3, -0.25) is 14.4 Å². The fraction of sp³-hybridized carbons (Fsp3) is 0.779. The quantitative estimate of drug-likeness (QED) is 0.0261. The molecule has 0 fully saturated rings. The zero-order chi connectivity index (χ0) is 53.6. The minimum absolute atomic E-state index is 0.0699. The third kappa shape index (κ3) is 59.7. The molecule has 6 heteroatoms. The molecule has 0 N–H and O–H groups in total. The summed E-state index contributed by atoms with van der Waals surface area (Å²) in [7, 11) is 0. The lowest BCUT2D eigenvalue weighted by Gasteiger charge is -2.18. The van der Waals surface area contributed by atoms with E-state index in [1.807, 2.05) is 0 Å². The largest absolute Gasteiger partial charge is 0.462 e. The lowest BCUT2D eigenvalue weighted by Crippen LogP contribution is -2.30. The number of allylic oxidation sites excluding steroid dienone is 12. The van der Waals surface area contributed by atoms with Gasteiger partial charge in [0.25, 0.3) is 0 Å². The van der Waals surface area contributed by atoms with E-state index in [9.17, 15) is 14.4 Å². The smallest absolute Gasteiger partial charge is 0.306 e. The summed E-state index contributed by atoms with van der Waals surface area (Å²) in [5.74, 6) is -0.857. The zero-order valence-electron chi connectivity index (χ0n) is 49.1. The highest BCUT2D eigenvalue weighted by Gasteiger charge is 2.19. The molecular formula is C68H120O6. The minimum Gasteiger partial charge on any atom is -0.462 e. The average molecular weight is 1030 g/mol. The molecule has 0 aromatic rings. The first-order valence-corrected chi connectivity index (χ1v) is 31.9. The summed E-state index contributed by atoms with van der Waals surface area (Å²) in [4.78, 5) is 38.2. The second kappa shape index (κ2) is 62.4. The summed E-state index contributed by atoms with van der Waals surface area (Å²) in [6, 6.07) is 0. The van der Waals surface area contributed by atoms with Gasteiger partial charge in [-0.2, -0.15) is 0 Å². The third-order valence-electron chi connectivity index (χ3n) is 14.0. The van der Waals surface area contributed by atoms with Crippen LogP contribution in [0.1, 0.15) is 323 Å². The summed E-state index contributed by atoms with van der Waals surface area (Å²) in [6.45, 7) is 6.55. The molecular weight excluding hydrogens is 913 g/mol. The van der Waals surface area contributed by atoms with Crippen molar-refractivity contribution in [2.45, 2.75) is 329 Å². The van der Waals surface area contributed by atoms with E-state index in [1.54, 1.807) is 0 Å². The van der Waals surface area contributed by atoms with E-state index < -0.39 is 6.10 Å². The van der Waals surface area contributed by atoms with Crippen molar-refractivity contribution in [3.63, 3.8) is 0 Å². The topological polar surface area (TPSA) is 78.9 Å². The van der Waals surface area contributed by atoms with E-state index in [4.69, 9.17) is 14.2 Å². The van der Waals surface area contributed by atoms with Crippen LogP contribution in [-0.2, 0) is 28.6 Å². The molecule has 0 spiro atoms. The maximum Gasteiger partial charge on any atom is 0.306 e. The number of unbranched alkanes of at least 4 members (excludes halogenated alkanes) is 35. The molecule has 74 heavy (non-hydrogen) atoms. The van der Waals surface area contributed by atoms with Crippen molar-refractivity contribution >= 4 is 17.9 Å². The monoisotopic (exact) mass is 1030 g/mol. The van der Waals surface area contributed by atoms with E-state index in [2.05, 4.69) is 93.7 Å². The van der Waals surface area contributed by atoms with Crippen molar-refractivity contribution in [2.24, 2.45) is 0 Å². The van der Waals surface area contributed by atoms with Gasteiger partial charge in [0.2, 0.25) is 0 Å². The van der Waals surface area contributed by atoms with Gasteiger partial charge in [-0.25, -0.2) is 0 Å². The molecule has 0 aliphatic rings. The molecule has 0 aromatic carbocycles. The second-order valence-corrected chi connectivity index (χ2v) is 21.3. The lowest BCUT2D eigenvalue weighted by atomic mass is 10.0. The molecule has 1 unspecified atom stereocenters. The molecule has 0 bridgehead atoms. The molecule has 0 amide bonds. The van der Waals surface area contributed by atoms with Crippen LogP contribution in [0.5, 0.6) is 0 Å². The Labute approximate surface area is 459 Å². The highest BCUT2D eigenvalue weighted by molar-refractivity contribution is 5.71. The van der Waals surface area contributed by atoms with Crippen LogP contribution in [0.2, 0.25) is 0 Å². The van der Waals surface area contributed by atoms with Gasteiger partial charge in [-0.1, -0.05) is 306 Å². The number of carbonyl (C=O) groups excluding carboxylic acids is 3. The summed E-state index contributed by atoms with van der Waals surface area (Å²) in [5.41, 5.74) is 0. The molecule has 0 saturated heterocycles. The van der Waals surface area contributed by atoms with Gasteiger partial charge in [-0.15, -0.1) is 0 Å². The number of esters is 3. The van der Waals surface area contributed by atoms with Gasteiger partial charge in [-0.05, 0) is 70.6 Å². The van der Waals surface area contributed by atoms with E-state index in [0.717, 1.165) is 96.3 Å². The Morgan fingerprint density at radius 1 is 0.284 bits per heavy atom. The Balaban J connectivity index is 4.14. The molecule has 0 aromatic heterocycles. The predicted octanol–water partition coefficient (Wildman–Crippen LogP) is 21.7. The molecule has 0 aliphatic carbocycles. The molecule has 0 heterocycles. The van der Waals surface area contributed by atoms with Crippen LogP contribution in [0.15, 0.2) is 72.9 Å². The van der Waals surface area contributed by atoms with Crippen LogP contribution in [0.25, 0.3) is 0 Å². The van der Waals surface area contributed by atoms with Crippen LogP contribution < -0.4 is 0 Å². The van der Waals surface area contributed by atoms with Crippen LogP contribution in [0.3, 0.4) is 0 Å². The highest BCUT2D eigenvalue weighted by atomic mass is 16.6. The first-order chi connectivity index (χ1) is 36.5. The molecule has 1 atom stereocenters. The SMILES string of the molecule is CC/C=C\C/C=C\C/C=C\C/C=C\C/C=C\C/C=C\CCCCCCCCCCCCCCC(=O)OCC(COC(=O)CCCCCCCCCCCC)OC(=O)CCCCCCCCCCCCCCCCC. The van der Waals surface area contributed by atoms with E-state index in [1.165, 1.54) is 186 Å². The number of hydrogen-bond donors (Lipinski definition) is 0. The molecule has 428 valence electrons. The third-order valence-corrected chi connectivity index (χ3v) is 14.0. The first kappa shape index (κ1) is 70.8. The van der Waals surface area contributed by atoms with E-state index in [-0.39, 0.29) is 31.1 Å². The fourth-order valence-electron chi connectivity index (χ4n) is 9.21. The highest BCUT2D eigenvalue weighted by Crippen LogP contribution is 2.17. The van der Waals surface area contributed by atoms with Crippen LogP contribution >= 0.6 is 0 Å². The van der Waals surface area contributed by atoms with Crippen LogP contribution in [-0.4, -0.2) is 37.2 Å². The summed E-state index contributed by atoms with van der Waals surface area (Å²) in [5, 5.41) is 0. The van der Waals surface area contributed by atoms with Crippen LogP contribution in [0.4, 0.5) is 0 Å². The number of ether oxygens (including phenoxy) is 3. The molecule has 6 nitrogen and oxygen atoms in total. The summed E-state index contributed by atoms with van der Waals surface area (Å²) < 4.78 is 16.9. The number of carbonyl (C=O) groups is 3. The van der Waals surface area contributed by atoms with E-state index in [0.29, 0.717) is 19.3 Å². The molecule has 0 radical (unpaired) electrons. The normalized spacial score (nSPS) is 12.5. The molecule has 0 rings (SSSR count). The molecule has 0 saturated carbocycles. The Hall–Kier alpha value is -3.15. The van der Waals surface area contributed by atoms with Crippen LogP contribution in [0, 0.1) is 0 Å². The first-order valence-electron chi connectivity index (χ1n) is 31.9. The van der Waals surface area contributed by atoms with Crippen molar-refractivity contribution < 1.29 is 28.6 Å². The fourth-order valence-corrected chi connectivity index (χ4v) is 9.21. The van der Waals surface area contributed by atoms with E-state index >= 15 is 0 Å². The average Bonchev–Trinajstić information content (AvgIpc) is 3.40. The number of rotatable bonds is 58. The molecule has 0 aliphatic heterocycles.